The van der Waals surface area contributed by atoms with Gasteiger partial charge in [-0.15, -0.1) is 12.4 Å². The second kappa shape index (κ2) is 5.12. The van der Waals surface area contributed by atoms with E-state index < -0.39 is 23.8 Å². The van der Waals surface area contributed by atoms with Gasteiger partial charge in [-0.25, -0.2) is 13.6 Å². The Labute approximate surface area is 97.2 Å². The third kappa shape index (κ3) is 2.41. The van der Waals surface area contributed by atoms with Crippen molar-refractivity contribution in [2.45, 2.75) is 12.5 Å². The lowest BCUT2D eigenvalue weighted by atomic mass is 10.0. The van der Waals surface area contributed by atoms with Crippen LogP contribution in [0.5, 0.6) is 0 Å². The number of amides is 1. The maximum absolute atomic E-state index is 13.3. The second-order valence-corrected chi connectivity index (χ2v) is 3.26. The van der Waals surface area contributed by atoms with Crippen molar-refractivity contribution in [3.05, 3.63) is 35.4 Å². The summed E-state index contributed by atoms with van der Waals surface area (Å²) in [5.74, 6) is -1.30. The molecule has 1 aromatic carbocycles. The number of ether oxygens (including phenoxy) is 1. The highest BCUT2D eigenvalue weighted by Gasteiger charge is 2.25. The van der Waals surface area contributed by atoms with Gasteiger partial charge in [0.1, 0.15) is 11.6 Å². The molecule has 0 aromatic heterocycles. The lowest BCUT2D eigenvalue weighted by Crippen LogP contribution is -2.36. The summed E-state index contributed by atoms with van der Waals surface area (Å²) < 4.78 is 31.3. The van der Waals surface area contributed by atoms with Crippen LogP contribution in [0.2, 0.25) is 0 Å². The summed E-state index contributed by atoms with van der Waals surface area (Å²) in [6.45, 7) is 0.171. The quantitative estimate of drug-likeness (QED) is 0.831. The van der Waals surface area contributed by atoms with Crippen LogP contribution >= 0.6 is 12.4 Å². The van der Waals surface area contributed by atoms with Gasteiger partial charge in [-0.2, -0.15) is 0 Å². The number of rotatable bonds is 1. The predicted octanol–water partition coefficient (Wildman–Crippen LogP) is 2.56. The summed E-state index contributed by atoms with van der Waals surface area (Å²) >= 11 is 0. The first kappa shape index (κ1) is 12.7. The predicted molar refractivity (Wildman–Crippen MR) is 55.4 cm³/mol. The average molecular weight is 250 g/mol. The highest BCUT2D eigenvalue weighted by molar-refractivity contribution is 5.85. The van der Waals surface area contributed by atoms with Gasteiger partial charge in [0.05, 0.1) is 12.6 Å². The second-order valence-electron chi connectivity index (χ2n) is 3.26. The van der Waals surface area contributed by atoms with E-state index in [0.29, 0.717) is 6.42 Å². The molecule has 1 aromatic rings. The van der Waals surface area contributed by atoms with Crippen molar-refractivity contribution in [2.75, 3.05) is 6.61 Å². The maximum atomic E-state index is 13.3. The minimum absolute atomic E-state index is 0. The van der Waals surface area contributed by atoms with Crippen LogP contribution in [0.3, 0.4) is 0 Å². The number of hydrogen-bond acceptors (Lipinski definition) is 2. The smallest absolute Gasteiger partial charge is 0.407 e. The number of hydrogen-bond donors (Lipinski definition) is 1. The minimum atomic E-state index is -0.651. The first-order valence-electron chi connectivity index (χ1n) is 4.55. The molecule has 1 fully saturated rings. The summed E-state index contributed by atoms with van der Waals surface area (Å²) in [6, 6.07) is 2.97. The molecule has 6 heteroatoms. The summed E-state index contributed by atoms with van der Waals surface area (Å²) in [4.78, 5) is 10.9. The van der Waals surface area contributed by atoms with Gasteiger partial charge in [-0.05, 0) is 12.1 Å². The zero-order chi connectivity index (χ0) is 10.8. The van der Waals surface area contributed by atoms with Crippen LogP contribution in [0.15, 0.2) is 18.2 Å². The van der Waals surface area contributed by atoms with Crippen LogP contribution in [0.25, 0.3) is 0 Å². The van der Waals surface area contributed by atoms with Crippen LogP contribution in [-0.2, 0) is 4.74 Å². The molecule has 2 rings (SSSR count). The van der Waals surface area contributed by atoms with Gasteiger partial charge in [0.2, 0.25) is 0 Å². The largest absolute Gasteiger partial charge is 0.449 e. The topological polar surface area (TPSA) is 38.3 Å². The van der Waals surface area contributed by atoms with Gasteiger partial charge >= 0.3 is 6.09 Å². The van der Waals surface area contributed by atoms with Crippen molar-refractivity contribution in [3.63, 3.8) is 0 Å². The van der Waals surface area contributed by atoms with Crippen molar-refractivity contribution in [1.29, 1.82) is 0 Å². The Balaban J connectivity index is 0.00000128. The number of cyclic esters (lactones) is 1. The summed E-state index contributed by atoms with van der Waals surface area (Å²) in [7, 11) is 0. The van der Waals surface area contributed by atoms with Gasteiger partial charge in [-0.3, -0.25) is 0 Å². The third-order valence-electron chi connectivity index (χ3n) is 2.28. The zero-order valence-electron chi connectivity index (χ0n) is 8.20. The monoisotopic (exact) mass is 249 g/mol. The van der Waals surface area contributed by atoms with Gasteiger partial charge in [0, 0.05) is 12.0 Å². The fourth-order valence-corrected chi connectivity index (χ4v) is 1.59. The third-order valence-corrected chi connectivity index (χ3v) is 2.28. The molecule has 88 valence electrons. The highest BCUT2D eigenvalue weighted by atomic mass is 35.5. The Bertz CT molecular complexity index is 380. The molecule has 1 N–H and O–H groups in total. The molecule has 0 bridgehead atoms. The fourth-order valence-electron chi connectivity index (χ4n) is 1.59. The van der Waals surface area contributed by atoms with Crippen LogP contribution in [-0.4, -0.2) is 12.7 Å². The van der Waals surface area contributed by atoms with E-state index in [1.807, 2.05) is 0 Å². The van der Waals surface area contributed by atoms with Crippen molar-refractivity contribution < 1.29 is 18.3 Å². The van der Waals surface area contributed by atoms with Crippen LogP contribution in [0, 0.1) is 11.6 Å². The van der Waals surface area contributed by atoms with Gasteiger partial charge in [-0.1, -0.05) is 6.07 Å². The minimum Gasteiger partial charge on any atom is -0.449 e. The molecule has 1 aliphatic rings. The Kier molecular flexibility index (Phi) is 4.06. The normalized spacial score (nSPS) is 19.4. The SMILES string of the molecule is Cl.O=C1N[C@H](c2c(F)cccc2F)CCO1. The van der Waals surface area contributed by atoms with Crippen LogP contribution in [0.4, 0.5) is 13.6 Å². The van der Waals surface area contributed by atoms with E-state index in [0.717, 1.165) is 0 Å². The Morgan fingerprint density at radius 1 is 1.31 bits per heavy atom. The van der Waals surface area contributed by atoms with Crippen LogP contribution in [0.1, 0.15) is 18.0 Å². The number of carbonyl (C=O) groups excluding carboxylic acids is 1. The lowest BCUT2D eigenvalue weighted by Gasteiger charge is -2.24. The van der Waals surface area contributed by atoms with E-state index in [-0.39, 0.29) is 24.6 Å². The molecule has 0 unspecified atom stereocenters. The Hall–Kier alpha value is -1.36. The van der Waals surface area contributed by atoms with Gasteiger partial charge < -0.3 is 10.1 Å². The molecule has 1 amide bonds. The number of carbonyl (C=O) groups is 1. The maximum Gasteiger partial charge on any atom is 0.407 e. The summed E-state index contributed by atoms with van der Waals surface area (Å²) in [6.07, 6.45) is -0.280. The highest BCUT2D eigenvalue weighted by Crippen LogP contribution is 2.25. The van der Waals surface area contributed by atoms with Crippen molar-refractivity contribution in [2.24, 2.45) is 0 Å². The van der Waals surface area contributed by atoms with Crippen molar-refractivity contribution >= 4 is 18.5 Å². The lowest BCUT2D eigenvalue weighted by molar-refractivity contribution is 0.114. The molecule has 1 aliphatic heterocycles. The molecule has 0 spiro atoms. The van der Waals surface area contributed by atoms with E-state index in [4.69, 9.17) is 0 Å². The molecule has 1 heterocycles. The number of halogens is 3. The number of alkyl carbamates (subject to hydrolysis) is 1. The van der Waals surface area contributed by atoms with E-state index in [1.165, 1.54) is 18.2 Å². The molecule has 3 nitrogen and oxygen atoms in total. The number of benzene rings is 1. The van der Waals surface area contributed by atoms with Gasteiger partial charge in [0.15, 0.2) is 0 Å². The molecule has 1 saturated heterocycles. The molecule has 16 heavy (non-hydrogen) atoms. The molecule has 0 radical (unpaired) electrons. The molecule has 1 atom stereocenters. The van der Waals surface area contributed by atoms with Gasteiger partial charge in [0.25, 0.3) is 0 Å². The van der Waals surface area contributed by atoms with E-state index in [1.54, 1.807) is 0 Å². The fraction of sp³-hybridized carbons (Fsp3) is 0.300. The number of nitrogens with one attached hydrogen (secondary N) is 1. The van der Waals surface area contributed by atoms with Crippen LogP contribution < -0.4 is 5.32 Å². The van der Waals surface area contributed by atoms with E-state index in [9.17, 15) is 13.6 Å². The van der Waals surface area contributed by atoms with E-state index in [2.05, 4.69) is 10.1 Å². The molecule has 0 saturated carbocycles. The Morgan fingerprint density at radius 2 is 1.94 bits per heavy atom. The summed E-state index contributed by atoms with van der Waals surface area (Å²) in [5.41, 5.74) is -0.103. The molecular weight excluding hydrogens is 240 g/mol. The van der Waals surface area contributed by atoms with E-state index >= 15 is 0 Å². The standard InChI is InChI=1S/C10H9F2NO2.ClH/c11-6-2-1-3-7(12)9(6)8-4-5-15-10(14)13-8;/h1-3,8H,4-5H2,(H,13,14);1H/t8-;/m0./s1. The first-order chi connectivity index (χ1) is 7.18. The molecule has 0 aliphatic carbocycles. The molecular formula is C10H10ClF2NO2. The van der Waals surface area contributed by atoms with Crippen molar-refractivity contribution in [1.82, 2.24) is 5.32 Å². The summed E-state index contributed by atoms with van der Waals surface area (Å²) in [5, 5.41) is 2.37. The zero-order valence-corrected chi connectivity index (χ0v) is 9.02. The average Bonchev–Trinajstić information content (AvgIpc) is 2.17. The first-order valence-corrected chi connectivity index (χ1v) is 4.55. The Morgan fingerprint density at radius 3 is 2.50 bits per heavy atom. The van der Waals surface area contributed by atoms with Crippen molar-refractivity contribution in [3.8, 4) is 0 Å².